The highest BCUT2D eigenvalue weighted by Gasteiger charge is 2.36. The second-order valence-electron chi connectivity index (χ2n) is 12.1. The fourth-order valence-corrected chi connectivity index (χ4v) is 6.86. The number of hydrogen-bond acceptors (Lipinski definition) is 4. The molecule has 6 aromatic carbocycles. The van der Waals surface area contributed by atoms with Crippen molar-refractivity contribution in [2.75, 3.05) is 4.81 Å². The number of fused-ring (bicyclic) bond motifs is 6. The van der Waals surface area contributed by atoms with E-state index in [0.717, 1.165) is 22.4 Å². The Hall–Kier alpha value is -6.33. The molecule has 4 nitrogen and oxygen atoms in total. The van der Waals surface area contributed by atoms with Crippen molar-refractivity contribution in [3.05, 3.63) is 176 Å². The van der Waals surface area contributed by atoms with E-state index in [4.69, 9.17) is 15.0 Å². The molecule has 7 aromatic rings. The molecule has 48 heavy (non-hydrogen) atoms. The van der Waals surface area contributed by atoms with Crippen LogP contribution in [0.25, 0.3) is 67.5 Å². The molecule has 0 saturated carbocycles. The summed E-state index contributed by atoms with van der Waals surface area (Å²) in [7, 11) is 0. The third kappa shape index (κ3) is 4.93. The average Bonchev–Trinajstić information content (AvgIpc) is 3.18. The van der Waals surface area contributed by atoms with Gasteiger partial charge < -0.3 is 4.81 Å². The van der Waals surface area contributed by atoms with Crippen molar-refractivity contribution in [1.82, 2.24) is 15.0 Å². The molecule has 0 saturated heterocycles. The number of benzene rings is 6. The Morgan fingerprint density at radius 2 is 0.917 bits per heavy atom. The molecule has 0 aliphatic carbocycles. The third-order valence-electron chi connectivity index (χ3n) is 9.14. The summed E-state index contributed by atoms with van der Waals surface area (Å²) in [6.07, 6.45) is 6.46. The van der Waals surface area contributed by atoms with Crippen molar-refractivity contribution in [2.24, 2.45) is 0 Å². The maximum absolute atomic E-state index is 5.03. The minimum atomic E-state index is 0.0332. The molecule has 9 rings (SSSR count). The number of anilines is 1. The van der Waals surface area contributed by atoms with Crippen LogP contribution in [0.2, 0.25) is 0 Å². The standard InChI is InChI=1S/C43H29BN4/c1-5-15-30(16-6-1)35-27-37(31-17-7-2-8-18-31)40-38(28-35)36-24-23-34(29-39(36)48-26-14-13-25-44(40)48)43-46-41(32-19-9-3-10-20-32)45-42(47-43)33-21-11-4-12-22-33/h1-29H. The molecular weight excluding hydrogens is 583 g/mol. The predicted molar refractivity (Wildman–Crippen MR) is 199 cm³/mol. The highest BCUT2D eigenvalue weighted by atomic mass is 15.1. The van der Waals surface area contributed by atoms with Crippen molar-refractivity contribution in [3.8, 4) is 67.5 Å². The summed E-state index contributed by atoms with van der Waals surface area (Å²) in [6.45, 7) is 0.0332. The highest BCUT2D eigenvalue weighted by Crippen LogP contribution is 2.43. The smallest absolute Gasteiger partial charge is 0.321 e. The van der Waals surface area contributed by atoms with Gasteiger partial charge in [0.1, 0.15) is 0 Å². The van der Waals surface area contributed by atoms with Gasteiger partial charge >= 0.3 is 6.85 Å². The topological polar surface area (TPSA) is 41.9 Å². The van der Waals surface area contributed by atoms with Gasteiger partial charge in [0, 0.05) is 27.9 Å². The van der Waals surface area contributed by atoms with E-state index in [2.05, 4.69) is 120 Å². The monoisotopic (exact) mass is 612 g/mol. The summed E-state index contributed by atoms with van der Waals surface area (Å²) in [5.74, 6) is 4.25. The van der Waals surface area contributed by atoms with Gasteiger partial charge in [-0.2, -0.15) is 0 Å². The molecule has 1 aromatic heterocycles. The van der Waals surface area contributed by atoms with Crippen molar-refractivity contribution >= 4 is 18.0 Å². The average molecular weight is 613 g/mol. The van der Waals surface area contributed by atoms with Gasteiger partial charge in [0.05, 0.1) is 0 Å². The molecule has 0 atom stereocenters. The van der Waals surface area contributed by atoms with Crippen LogP contribution < -0.4 is 10.3 Å². The Kier molecular flexibility index (Phi) is 6.87. The van der Waals surface area contributed by atoms with Crippen LogP contribution >= 0.6 is 0 Å². The third-order valence-corrected chi connectivity index (χ3v) is 9.14. The molecule has 0 bridgehead atoms. The maximum atomic E-state index is 5.03. The first kappa shape index (κ1) is 27.9. The van der Waals surface area contributed by atoms with E-state index >= 15 is 0 Å². The van der Waals surface area contributed by atoms with Crippen LogP contribution in [0, 0.1) is 0 Å². The fourth-order valence-electron chi connectivity index (χ4n) is 6.86. The van der Waals surface area contributed by atoms with E-state index in [1.165, 1.54) is 38.8 Å². The maximum Gasteiger partial charge on any atom is 0.321 e. The Balaban J connectivity index is 1.26. The minimum Gasteiger partial charge on any atom is -0.383 e. The van der Waals surface area contributed by atoms with E-state index in [1.807, 2.05) is 60.7 Å². The van der Waals surface area contributed by atoms with Crippen LogP contribution in [0.5, 0.6) is 0 Å². The largest absolute Gasteiger partial charge is 0.383 e. The van der Waals surface area contributed by atoms with Crippen LogP contribution in [0.4, 0.5) is 5.69 Å². The highest BCUT2D eigenvalue weighted by molar-refractivity contribution is 6.85. The second kappa shape index (κ2) is 11.8. The van der Waals surface area contributed by atoms with Gasteiger partial charge in [0.15, 0.2) is 17.5 Å². The molecule has 2 aliphatic rings. The summed E-state index contributed by atoms with van der Waals surface area (Å²) in [5, 5.41) is 0. The molecule has 5 heteroatoms. The van der Waals surface area contributed by atoms with Gasteiger partial charge in [-0.25, -0.2) is 15.0 Å². The molecule has 0 spiro atoms. The van der Waals surface area contributed by atoms with Gasteiger partial charge in [-0.3, -0.25) is 0 Å². The van der Waals surface area contributed by atoms with Crippen LogP contribution in [0.3, 0.4) is 0 Å². The normalized spacial score (nSPS) is 12.8. The minimum absolute atomic E-state index is 0.0332. The fraction of sp³-hybridized carbons (Fsp3) is 0. The zero-order valence-electron chi connectivity index (χ0n) is 26.1. The molecular formula is C43H29BN4. The molecule has 0 amide bonds. The first-order valence-corrected chi connectivity index (χ1v) is 16.2. The quantitative estimate of drug-likeness (QED) is 0.182. The summed E-state index contributed by atoms with van der Waals surface area (Å²) in [5.41, 5.74) is 12.6. The Labute approximate surface area is 280 Å². The van der Waals surface area contributed by atoms with Gasteiger partial charge in [-0.15, -0.1) is 0 Å². The predicted octanol–water partition coefficient (Wildman–Crippen LogP) is 9.51. The number of nitrogens with zero attached hydrogens (tertiary/aromatic N) is 4. The van der Waals surface area contributed by atoms with Crippen LogP contribution in [0.1, 0.15) is 0 Å². The molecule has 3 heterocycles. The van der Waals surface area contributed by atoms with Gasteiger partial charge in [0.25, 0.3) is 0 Å². The lowest BCUT2D eigenvalue weighted by Gasteiger charge is -2.38. The van der Waals surface area contributed by atoms with Gasteiger partial charge in [-0.05, 0) is 63.8 Å². The molecule has 0 unspecified atom stereocenters. The van der Waals surface area contributed by atoms with E-state index in [1.54, 1.807) is 0 Å². The number of aromatic nitrogens is 3. The van der Waals surface area contributed by atoms with Gasteiger partial charge in [0.2, 0.25) is 0 Å². The Bertz CT molecular complexity index is 2280. The lowest BCUT2D eigenvalue weighted by atomic mass is 9.48. The first-order valence-electron chi connectivity index (χ1n) is 16.2. The molecule has 2 aliphatic heterocycles. The van der Waals surface area contributed by atoms with Crippen molar-refractivity contribution in [2.45, 2.75) is 0 Å². The molecule has 224 valence electrons. The van der Waals surface area contributed by atoms with Crippen LogP contribution in [-0.4, -0.2) is 21.8 Å². The zero-order valence-corrected chi connectivity index (χ0v) is 26.1. The second-order valence-corrected chi connectivity index (χ2v) is 12.1. The van der Waals surface area contributed by atoms with Crippen LogP contribution in [0.15, 0.2) is 176 Å². The van der Waals surface area contributed by atoms with Crippen molar-refractivity contribution in [3.63, 3.8) is 0 Å². The zero-order chi connectivity index (χ0) is 31.9. The van der Waals surface area contributed by atoms with E-state index < -0.39 is 0 Å². The van der Waals surface area contributed by atoms with E-state index in [0.29, 0.717) is 17.5 Å². The van der Waals surface area contributed by atoms with Crippen LogP contribution in [-0.2, 0) is 0 Å². The van der Waals surface area contributed by atoms with Crippen molar-refractivity contribution in [1.29, 1.82) is 0 Å². The Morgan fingerprint density at radius 3 is 1.52 bits per heavy atom. The lowest BCUT2D eigenvalue weighted by Crippen LogP contribution is -2.50. The molecule has 0 fully saturated rings. The van der Waals surface area contributed by atoms with E-state index in [9.17, 15) is 0 Å². The number of hydrogen-bond donors (Lipinski definition) is 0. The molecule has 0 N–H and O–H groups in total. The van der Waals surface area contributed by atoms with Crippen molar-refractivity contribution < 1.29 is 0 Å². The number of allylic oxidation sites excluding steroid dienone is 2. The first-order chi connectivity index (χ1) is 23.8. The van der Waals surface area contributed by atoms with E-state index in [-0.39, 0.29) is 6.85 Å². The molecule has 0 radical (unpaired) electrons. The number of rotatable bonds is 5. The summed E-state index contributed by atoms with van der Waals surface area (Å²) < 4.78 is 0. The Morgan fingerprint density at radius 1 is 0.396 bits per heavy atom. The lowest BCUT2D eigenvalue weighted by molar-refractivity contribution is 1.07. The van der Waals surface area contributed by atoms with Gasteiger partial charge in [-0.1, -0.05) is 146 Å². The SMILES string of the molecule is C1=CB2c3c(-c4ccccc4)cc(-c4ccccc4)cc3-c3ccc(-c4nc(-c5ccccc5)nc(-c5ccccc5)n4)cc3N2C=C1. The summed E-state index contributed by atoms with van der Waals surface area (Å²) in [4.78, 5) is 17.4. The summed E-state index contributed by atoms with van der Waals surface area (Å²) >= 11 is 0. The summed E-state index contributed by atoms with van der Waals surface area (Å²) in [6, 6.07) is 53.0.